The number of hydrogen-bond acceptors (Lipinski definition) is 8. The molecule has 0 bridgehead atoms. The Morgan fingerprint density at radius 3 is 0.909 bits per heavy atom. The maximum atomic E-state index is 5.20. The van der Waals surface area contributed by atoms with Crippen molar-refractivity contribution in [1.82, 2.24) is 0 Å². The molecule has 0 rings (SSSR count). The van der Waals surface area contributed by atoms with Gasteiger partial charge in [0, 0.05) is 54.7 Å². The van der Waals surface area contributed by atoms with Crippen LogP contribution in [0.5, 0.6) is 0 Å². The van der Waals surface area contributed by atoms with E-state index in [9.17, 15) is 0 Å². The Morgan fingerprint density at radius 2 is 0.773 bits per heavy atom. The van der Waals surface area contributed by atoms with Crippen LogP contribution in [0, 0.1) is 0 Å². The third kappa shape index (κ3) is 9.90. The molecule has 0 unspecified atom stereocenters. The summed E-state index contributed by atoms with van der Waals surface area (Å²) in [5.41, 5.74) is 0. The molecule has 0 saturated heterocycles. The molecule has 22 heavy (non-hydrogen) atoms. The molecule has 0 aliphatic rings. The van der Waals surface area contributed by atoms with Crippen LogP contribution in [0.25, 0.3) is 0 Å². The van der Waals surface area contributed by atoms with Crippen molar-refractivity contribution in [3.8, 4) is 0 Å². The zero-order valence-electron chi connectivity index (χ0n) is 14.6. The number of rotatable bonds is 12. The molecule has 0 saturated carbocycles. The van der Waals surface area contributed by atoms with Gasteiger partial charge in [0.15, 0.2) is 0 Å². The summed E-state index contributed by atoms with van der Waals surface area (Å²) in [6, 6.07) is 1.67. The van der Waals surface area contributed by atoms with Gasteiger partial charge in [-0.1, -0.05) is 0 Å². The lowest BCUT2D eigenvalue weighted by molar-refractivity contribution is 0.123. The fourth-order valence-corrected chi connectivity index (χ4v) is 6.06. The van der Waals surface area contributed by atoms with E-state index in [0.29, 0.717) is 0 Å². The Bertz CT molecular complexity index is 203. The van der Waals surface area contributed by atoms with Gasteiger partial charge in [0.05, 0.1) is 0 Å². The molecule has 0 heterocycles. The van der Waals surface area contributed by atoms with E-state index in [1.54, 1.807) is 42.7 Å². The topological polar surface area (TPSA) is 55.4 Å². The maximum Gasteiger partial charge on any atom is 0.500 e. The summed E-state index contributed by atoms with van der Waals surface area (Å²) >= 11 is 8.21. The summed E-state index contributed by atoms with van der Waals surface area (Å²) < 4.78 is 31.2. The molecule has 0 aliphatic carbocycles. The Kier molecular flexibility index (Phi) is 17.6. The summed E-state index contributed by atoms with van der Waals surface area (Å²) in [5.74, 6) is 1.68. The van der Waals surface area contributed by atoms with Crippen LogP contribution >= 0.6 is 25.3 Å². The van der Waals surface area contributed by atoms with Crippen LogP contribution in [0.4, 0.5) is 0 Å². The summed E-state index contributed by atoms with van der Waals surface area (Å²) in [4.78, 5) is 0. The first-order valence-electron chi connectivity index (χ1n) is 7.01. The molecule has 136 valence electrons. The van der Waals surface area contributed by atoms with Crippen molar-refractivity contribution in [2.75, 3.05) is 54.2 Å². The third-order valence-corrected chi connectivity index (χ3v) is 9.44. The summed E-state index contributed by atoms with van der Waals surface area (Å²) in [6.45, 7) is 0. The van der Waals surface area contributed by atoms with Gasteiger partial charge in [-0.2, -0.15) is 25.3 Å². The highest BCUT2D eigenvalue weighted by molar-refractivity contribution is 7.80. The van der Waals surface area contributed by atoms with Crippen molar-refractivity contribution in [1.29, 1.82) is 0 Å². The second kappa shape index (κ2) is 15.4. The molecular weight excluding hydrogens is 360 g/mol. The van der Waals surface area contributed by atoms with Gasteiger partial charge in [-0.25, -0.2) is 0 Å². The largest absolute Gasteiger partial charge is 0.500 e. The molecule has 0 aromatic carbocycles. The van der Waals surface area contributed by atoms with Crippen LogP contribution in [0.15, 0.2) is 0 Å². The van der Waals surface area contributed by atoms with E-state index >= 15 is 0 Å². The van der Waals surface area contributed by atoms with Crippen LogP contribution < -0.4 is 0 Å². The van der Waals surface area contributed by atoms with Crippen molar-refractivity contribution in [3.05, 3.63) is 0 Å². The first-order valence-corrected chi connectivity index (χ1v) is 12.1. The molecule has 0 atom stereocenters. The average Bonchev–Trinajstić information content (AvgIpc) is 2.59. The Hall–Kier alpha value is 0.894. The van der Waals surface area contributed by atoms with Crippen molar-refractivity contribution < 1.29 is 26.6 Å². The van der Waals surface area contributed by atoms with E-state index in [0.717, 1.165) is 36.4 Å². The van der Waals surface area contributed by atoms with E-state index in [-0.39, 0.29) is 0 Å². The molecule has 0 amide bonds. The highest BCUT2D eigenvalue weighted by Crippen LogP contribution is 2.15. The van der Waals surface area contributed by atoms with Crippen molar-refractivity contribution in [2.45, 2.75) is 24.9 Å². The lowest BCUT2D eigenvalue weighted by Gasteiger charge is -2.23. The van der Waals surface area contributed by atoms with Gasteiger partial charge in [0.2, 0.25) is 0 Å². The van der Waals surface area contributed by atoms with Gasteiger partial charge in [-0.3, -0.25) is 0 Å². The van der Waals surface area contributed by atoms with Gasteiger partial charge < -0.3 is 26.6 Å². The van der Waals surface area contributed by atoms with Gasteiger partial charge in [-0.15, -0.1) is 0 Å². The molecule has 0 spiro atoms. The van der Waals surface area contributed by atoms with Crippen molar-refractivity contribution in [2.24, 2.45) is 0 Å². The molecule has 0 aromatic heterocycles. The normalized spacial score (nSPS) is 12.0. The Balaban J connectivity index is 0. The molecule has 0 fully saturated rings. The van der Waals surface area contributed by atoms with E-state index in [1.165, 1.54) is 0 Å². The SMILES string of the molecule is CO[Si](CCCS)(OC)OC.CO[Si](CCCS)(OC)OC. The lowest BCUT2D eigenvalue weighted by atomic mass is 10.6. The molecule has 0 radical (unpaired) electrons. The van der Waals surface area contributed by atoms with E-state index in [4.69, 9.17) is 26.6 Å². The van der Waals surface area contributed by atoms with Gasteiger partial charge in [-0.05, 0) is 24.3 Å². The van der Waals surface area contributed by atoms with Crippen LogP contribution in [-0.4, -0.2) is 71.8 Å². The number of thiol groups is 2. The second-order valence-corrected chi connectivity index (χ2v) is 11.3. The Morgan fingerprint density at radius 1 is 0.545 bits per heavy atom. The van der Waals surface area contributed by atoms with Crippen molar-refractivity contribution >= 4 is 42.9 Å². The molecule has 0 aliphatic heterocycles. The highest BCUT2D eigenvalue weighted by Gasteiger charge is 2.37. The van der Waals surface area contributed by atoms with Crippen molar-refractivity contribution in [3.63, 3.8) is 0 Å². The zero-order chi connectivity index (χ0) is 17.5. The van der Waals surface area contributed by atoms with Gasteiger partial charge >= 0.3 is 17.6 Å². The first-order chi connectivity index (χ1) is 10.5. The quantitative estimate of drug-likeness (QED) is 0.393. The van der Waals surface area contributed by atoms with Crippen LogP contribution in [0.1, 0.15) is 12.8 Å². The van der Waals surface area contributed by atoms with E-state index in [2.05, 4.69) is 25.3 Å². The highest BCUT2D eigenvalue weighted by atomic mass is 32.1. The number of hydrogen-bond donors (Lipinski definition) is 2. The maximum absolute atomic E-state index is 5.20. The molecule has 6 nitrogen and oxygen atoms in total. The first kappa shape index (κ1) is 25.1. The fourth-order valence-electron chi connectivity index (χ4n) is 1.70. The monoisotopic (exact) mass is 392 g/mol. The predicted molar refractivity (Wildman–Crippen MR) is 100 cm³/mol. The lowest BCUT2D eigenvalue weighted by Crippen LogP contribution is -2.42. The van der Waals surface area contributed by atoms with E-state index in [1.807, 2.05) is 0 Å². The predicted octanol–water partition coefficient (Wildman–Crippen LogP) is 2.37. The smallest absolute Gasteiger partial charge is 0.377 e. The van der Waals surface area contributed by atoms with Gasteiger partial charge in [0.1, 0.15) is 0 Å². The average molecular weight is 393 g/mol. The summed E-state index contributed by atoms with van der Waals surface area (Å²) in [5, 5.41) is 0. The van der Waals surface area contributed by atoms with Gasteiger partial charge in [0.25, 0.3) is 0 Å². The second-order valence-electron chi connectivity index (χ2n) is 4.25. The minimum Gasteiger partial charge on any atom is -0.377 e. The molecule has 0 N–H and O–H groups in total. The standard InChI is InChI=1S/2C6H16O3SSi/c2*1-7-11(8-2,9-3)6-4-5-10/h2*10H,4-6H2,1-3H3. The fraction of sp³-hybridized carbons (Fsp3) is 1.00. The minimum absolute atomic E-state index is 0.833. The summed E-state index contributed by atoms with van der Waals surface area (Å²) in [6.07, 6.45) is 1.93. The molecule has 10 heteroatoms. The zero-order valence-corrected chi connectivity index (χ0v) is 18.4. The Labute approximate surface area is 148 Å². The van der Waals surface area contributed by atoms with Crippen LogP contribution in [-0.2, 0) is 26.6 Å². The summed E-state index contributed by atoms with van der Waals surface area (Å²) in [7, 11) is 5.16. The van der Waals surface area contributed by atoms with Crippen LogP contribution in [0.2, 0.25) is 12.1 Å². The van der Waals surface area contributed by atoms with Crippen LogP contribution in [0.3, 0.4) is 0 Å². The minimum atomic E-state index is -2.29. The van der Waals surface area contributed by atoms with E-state index < -0.39 is 17.6 Å². The molecule has 0 aromatic rings. The molecular formula is C12H32O6S2Si2. The third-order valence-electron chi connectivity index (χ3n) is 3.15.